The summed E-state index contributed by atoms with van der Waals surface area (Å²) in [5.41, 5.74) is 2.72. The standard InChI is InChI=1S/C29H14Br2I2S6/c1-3-11-5-7-13-15(9-11)35-25(19(13)33)21-17(31)23-27(37-21)29-28(39-23)26-22(38-29)16(30)20(36-26)24-18(32)12-6-4-10(2)8-14(12)34-24/h4-9H,3H2,1-2H3. The molecule has 8 rings (SSSR count). The van der Waals surface area contributed by atoms with Crippen LogP contribution in [0, 0.1) is 14.1 Å². The molecule has 0 atom stereocenters. The predicted octanol–water partition coefficient (Wildman–Crippen LogP) is 14.8. The number of aryl methyl sites for hydroxylation is 2. The van der Waals surface area contributed by atoms with Gasteiger partial charge in [0.15, 0.2) is 0 Å². The van der Waals surface area contributed by atoms with Crippen molar-refractivity contribution in [3.63, 3.8) is 0 Å². The van der Waals surface area contributed by atoms with E-state index in [1.807, 2.05) is 68.0 Å². The van der Waals surface area contributed by atoms with E-state index in [0.29, 0.717) is 0 Å². The Morgan fingerprint density at radius 2 is 1.08 bits per heavy atom. The molecular weight excluding hydrogens is 954 g/mol. The highest BCUT2D eigenvalue weighted by atomic mass is 127. The maximum Gasteiger partial charge on any atom is 0.0651 e. The third kappa shape index (κ3) is 4.02. The van der Waals surface area contributed by atoms with Crippen molar-refractivity contribution in [2.75, 3.05) is 0 Å². The lowest BCUT2D eigenvalue weighted by Crippen LogP contribution is -1.77. The fraction of sp³-hybridized carbons (Fsp3) is 0.103. The maximum atomic E-state index is 4.05. The quantitative estimate of drug-likeness (QED) is 0.155. The van der Waals surface area contributed by atoms with Crippen molar-refractivity contribution in [2.24, 2.45) is 0 Å². The minimum absolute atomic E-state index is 1.07. The summed E-state index contributed by atoms with van der Waals surface area (Å²) in [6.45, 7) is 4.41. The minimum atomic E-state index is 1.07. The van der Waals surface area contributed by atoms with Gasteiger partial charge in [0.05, 0.1) is 56.7 Å². The lowest BCUT2D eigenvalue weighted by Gasteiger charge is -1.97. The van der Waals surface area contributed by atoms with Crippen molar-refractivity contribution >= 4 is 193 Å². The van der Waals surface area contributed by atoms with E-state index < -0.39 is 0 Å². The summed E-state index contributed by atoms with van der Waals surface area (Å²) in [6, 6.07) is 13.8. The molecule has 6 aromatic heterocycles. The van der Waals surface area contributed by atoms with Crippen LogP contribution in [0.5, 0.6) is 0 Å². The van der Waals surface area contributed by atoms with Crippen molar-refractivity contribution in [1.82, 2.24) is 0 Å². The predicted molar refractivity (Wildman–Crippen MR) is 207 cm³/mol. The number of rotatable bonds is 3. The summed E-state index contributed by atoms with van der Waals surface area (Å²) in [4.78, 5) is 5.51. The first-order chi connectivity index (χ1) is 18.8. The smallest absolute Gasteiger partial charge is 0.0651 e. The Balaban J connectivity index is 1.30. The van der Waals surface area contributed by atoms with Crippen molar-refractivity contribution in [3.05, 3.63) is 63.6 Å². The zero-order chi connectivity index (χ0) is 26.7. The van der Waals surface area contributed by atoms with Crippen molar-refractivity contribution < 1.29 is 0 Å². The van der Waals surface area contributed by atoms with E-state index in [1.54, 1.807) is 0 Å². The SMILES string of the molecule is CCc1ccc2c(I)c(-c3sc4c(sc5c6sc(-c7sc8cc(C)ccc8c7I)c(Br)c6sc45)c3Br)sc2c1. The molecule has 0 aliphatic heterocycles. The Kier molecular flexibility index (Phi) is 6.87. The number of halogens is 4. The van der Waals surface area contributed by atoms with Gasteiger partial charge in [-0.25, -0.2) is 0 Å². The monoisotopic (exact) mass is 966 g/mol. The van der Waals surface area contributed by atoms with Crippen molar-refractivity contribution in [2.45, 2.75) is 20.3 Å². The summed E-state index contributed by atoms with van der Waals surface area (Å²) in [7, 11) is 0. The molecule has 0 unspecified atom stereocenters. The average Bonchev–Trinajstić information content (AvgIpc) is 3.73. The molecule has 0 aliphatic carbocycles. The molecule has 0 nitrogen and oxygen atoms in total. The minimum Gasteiger partial charge on any atom is -0.133 e. The summed E-state index contributed by atoms with van der Waals surface area (Å²) < 4.78 is 16.5. The molecule has 10 heteroatoms. The van der Waals surface area contributed by atoms with E-state index in [9.17, 15) is 0 Å². The topological polar surface area (TPSA) is 0 Å². The first-order valence-corrected chi connectivity index (χ1v) is 20.6. The molecule has 0 spiro atoms. The molecule has 0 N–H and O–H groups in total. The van der Waals surface area contributed by atoms with Gasteiger partial charge < -0.3 is 0 Å². The van der Waals surface area contributed by atoms with E-state index in [4.69, 9.17) is 0 Å². The summed E-state index contributed by atoms with van der Waals surface area (Å²) in [6.07, 6.45) is 1.07. The van der Waals surface area contributed by atoms with Crippen LogP contribution in [0.25, 0.3) is 67.9 Å². The fourth-order valence-electron chi connectivity index (χ4n) is 4.95. The van der Waals surface area contributed by atoms with Crippen LogP contribution in [0.3, 0.4) is 0 Å². The fourth-order valence-corrected chi connectivity index (χ4v) is 18.4. The van der Waals surface area contributed by atoms with E-state index in [2.05, 4.69) is 127 Å². The molecule has 6 heterocycles. The highest BCUT2D eigenvalue weighted by Gasteiger charge is 2.26. The Morgan fingerprint density at radius 1 is 0.590 bits per heavy atom. The molecular formula is C29H14Br2I2S6. The number of hydrogen-bond acceptors (Lipinski definition) is 6. The van der Waals surface area contributed by atoms with Gasteiger partial charge in [0.1, 0.15) is 0 Å². The van der Waals surface area contributed by atoms with Gasteiger partial charge in [0, 0.05) is 27.3 Å². The summed E-state index contributed by atoms with van der Waals surface area (Å²) in [5.74, 6) is 0. The average molecular weight is 968 g/mol. The van der Waals surface area contributed by atoms with Crippen LogP contribution in [0.1, 0.15) is 18.1 Å². The zero-order valence-electron chi connectivity index (χ0n) is 20.1. The van der Waals surface area contributed by atoms with Crippen LogP contribution in [0.4, 0.5) is 0 Å². The lowest BCUT2D eigenvalue weighted by molar-refractivity contribution is 1.15. The highest BCUT2D eigenvalue weighted by molar-refractivity contribution is 14.1. The van der Waals surface area contributed by atoms with Gasteiger partial charge in [-0.15, -0.1) is 68.0 Å². The molecule has 8 aromatic rings. The number of benzene rings is 2. The van der Waals surface area contributed by atoms with E-state index >= 15 is 0 Å². The van der Waals surface area contributed by atoms with Crippen LogP contribution in [-0.2, 0) is 6.42 Å². The van der Waals surface area contributed by atoms with Crippen LogP contribution < -0.4 is 0 Å². The van der Waals surface area contributed by atoms with Gasteiger partial charge in [0.25, 0.3) is 0 Å². The molecule has 0 aliphatic rings. The second kappa shape index (κ2) is 9.95. The molecule has 0 fully saturated rings. The Hall–Kier alpha value is 0.360. The van der Waals surface area contributed by atoms with Gasteiger partial charge in [-0.1, -0.05) is 31.2 Å². The highest BCUT2D eigenvalue weighted by Crippen LogP contribution is 2.59. The molecule has 39 heavy (non-hydrogen) atoms. The molecule has 194 valence electrons. The van der Waals surface area contributed by atoms with Crippen LogP contribution in [-0.4, -0.2) is 0 Å². The molecule has 0 radical (unpaired) electrons. The normalized spacial score (nSPS) is 12.5. The summed E-state index contributed by atoms with van der Waals surface area (Å²) in [5, 5.41) is 2.74. The summed E-state index contributed by atoms with van der Waals surface area (Å²) >= 11 is 24.8. The molecule has 0 amide bonds. The van der Waals surface area contributed by atoms with E-state index in [1.165, 1.54) is 95.1 Å². The van der Waals surface area contributed by atoms with Crippen molar-refractivity contribution in [1.29, 1.82) is 0 Å². The third-order valence-electron chi connectivity index (χ3n) is 6.94. The third-order valence-corrected chi connectivity index (χ3v) is 20.7. The van der Waals surface area contributed by atoms with Crippen LogP contribution >= 0.6 is 145 Å². The van der Waals surface area contributed by atoms with Gasteiger partial charge in [-0.3, -0.25) is 0 Å². The van der Waals surface area contributed by atoms with Gasteiger partial charge in [-0.05, 0) is 114 Å². The lowest BCUT2D eigenvalue weighted by atomic mass is 10.1. The van der Waals surface area contributed by atoms with Gasteiger partial charge >= 0.3 is 0 Å². The maximum absolute atomic E-state index is 4.05. The Bertz CT molecular complexity index is 2290. The first-order valence-electron chi connectivity index (χ1n) is 12.0. The first kappa shape index (κ1) is 26.9. The molecule has 0 saturated heterocycles. The number of thiophene rings is 6. The Morgan fingerprint density at radius 3 is 1.62 bits per heavy atom. The van der Waals surface area contributed by atoms with Crippen LogP contribution in [0.2, 0.25) is 0 Å². The van der Waals surface area contributed by atoms with Gasteiger partial charge in [-0.2, -0.15) is 0 Å². The van der Waals surface area contributed by atoms with Gasteiger partial charge in [0.2, 0.25) is 0 Å². The second-order valence-corrected chi connectivity index (χ2v) is 19.3. The molecule has 2 aromatic carbocycles. The molecule has 0 bridgehead atoms. The van der Waals surface area contributed by atoms with E-state index in [-0.39, 0.29) is 0 Å². The number of hydrogen-bond donors (Lipinski definition) is 0. The second-order valence-electron chi connectivity index (χ2n) is 9.34. The zero-order valence-corrected chi connectivity index (χ0v) is 32.5. The van der Waals surface area contributed by atoms with Crippen molar-refractivity contribution in [3.8, 4) is 19.5 Å². The van der Waals surface area contributed by atoms with Crippen LogP contribution in [0.15, 0.2) is 45.3 Å². The Labute approximate surface area is 292 Å². The molecule has 0 saturated carbocycles. The number of fused-ring (bicyclic) bond motifs is 7. The largest absolute Gasteiger partial charge is 0.133 e. The van der Waals surface area contributed by atoms with E-state index in [0.717, 1.165) is 6.42 Å².